The number of aromatic nitrogens is 2. The molecule has 1 saturated heterocycles. The molecule has 11 nitrogen and oxygen atoms in total. The minimum atomic E-state index is -4.17. The second-order valence-corrected chi connectivity index (χ2v) is 11.6. The van der Waals surface area contributed by atoms with Crippen molar-refractivity contribution in [2.24, 2.45) is 0 Å². The molecule has 1 aromatic heterocycles. The first-order valence-corrected chi connectivity index (χ1v) is 14.2. The fourth-order valence-electron chi connectivity index (χ4n) is 4.53. The molecule has 2 unspecified atom stereocenters. The van der Waals surface area contributed by atoms with Gasteiger partial charge in [-0.3, -0.25) is 9.69 Å². The van der Waals surface area contributed by atoms with Crippen LogP contribution in [0.5, 0.6) is 0 Å². The Kier molecular flexibility index (Phi) is 7.49. The van der Waals surface area contributed by atoms with Crippen molar-refractivity contribution in [1.82, 2.24) is 19.8 Å². The molecule has 2 heterocycles. The number of rotatable bonds is 8. The normalized spacial score (nSPS) is 16.4. The summed E-state index contributed by atoms with van der Waals surface area (Å²) in [6.07, 6.45) is -1.45. The second kappa shape index (κ2) is 10.9. The van der Waals surface area contributed by atoms with Gasteiger partial charge in [-0.05, 0) is 66.2 Å². The highest BCUT2D eigenvalue weighted by molar-refractivity contribution is 7.89. The lowest BCUT2D eigenvalue weighted by Gasteiger charge is -2.29. The van der Waals surface area contributed by atoms with Gasteiger partial charge in [0.25, 0.3) is 0 Å². The molecule has 0 radical (unpaired) electrons. The fourth-order valence-corrected chi connectivity index (χ4v) is 6.37. The standard InChI is InChI=1S/C27H26ClN5O6S/c1-16(26(34)29-3)33(40(36,37)24-11-7-19-12-21(28)8-4-20(19)13-24)15-23-14-32(27(35)38-23)22-9-5-18(6-10-22)25-30-17(2)39-31-25/h4-13,16,23H,14-15H2,1-3H3,(H,29,34). The van der Waals surface area contributed by atoms with Crippen molar-refractivity contribution < 1.29 is 27.3 Å². The maximum Gasteiger partial charge on any atom is 0.414 e. The van der Waals surface area contributed by atoms with Crippen molar-refractivity contribution >= 4 is 50.1 Å². The summed E-state index contributed by atoms with van der Waals surface area (Å²) in [5.74, 6) is 0.361. The van der Waals surface area contributed by atoms with Crippen LogP contribution in [0.4, 0.5) is 10.5 Å². The number of hydrogen-bond acceptors (Lipinski definition) is 8. The zero-order chi connectivity index (χ0) is 28.6. The number of carbonyl (C=O) groups is 2. The Morgan fingerprint density at radius 1 is 1.15 bits per heavy atom. The quantitative estimate of drug-likeness (QED) is 0.329. The van der Waals surface area contributed by atoms with E-state index < -0.39 is 34.2 Å². The lowest BCUT2D eigenvalue weighted by Crippen LogP contribution is -2.50. The highest BCUT2D eigenvalue weighted by Crippen LogP contribution is 2.29. The molecule has 2 amide bonds. The van der Waals surface area contributed by atoms with Crippen LogP contribution in [0.25, 0.3) is 22.2 Å². The molecule has 3 aromatic carbocycles. The molecule has 1 N–H and O–H groups in total. The minimum Gasteiger partial charge on any atom is -0.443 e. The molecule has 13 heteroatoms. The van der Waals surface area contributed by atoms with E-state index in [1.807, 2.05) is 0 Å². The number of hydrogen-bond donors (Lipinski definition) is 1. The Bertz CT molecular complexity index is 1690. The lowest BCUT2D eigenvalue weighted by atomic mass is 10.1. The molecule has 1 fully saturated rings. The van der Waals surface area contributed by atoms with E-state index in [4.69, 9.17) is 20.9 Å². The van der Waals surface area contributed by atoms with Crippen LogP contribution in [-0.2, 0) is 19.6 Å². The van der Waals surface area contributed by atoms with E-state index >= 15 is 0 Å². The number of halogens is 1. The van der Waals surface area contributed by atoms with E-state index in [0.29, 0.717) is 33.4 Å². The third-order valence-corrected chi connectivity index (χ3v) is 8.83. The summed E-state index contributed by atoms with van der Waals surface area (Å²) in [7, 11) is -2.74. The molecular weight excluding hydrogens is 558 g/mol. The first kappa shape index (κ1) is 27.6. The monoisotopic (exact) mass is 583 g/mol. The van der Waals surface area contributed by atoms with Crippen molar-refractivity contribution in [2.45, 2.75) is 30.9 Å². The van der Waals surface area contributed by atoms with Gasteiger partial charge < -0.3 is 14.6 Å². The van der Waals surface area contributed by atoms with E-state index in [9.17, 15) is 18.0 Å². The molecule has 1 aliphatic heterocycles. The first-order chi connectivity index (χ1) is 19.1. The summed E-state index contributed by atoms with van der Waals surface area (Å²) in [6.45, 7) is 3.04. The van der Waals surface area contributed by atoms with Gasteiger partial charge in [0.15, 0.2) is 0 Å². The molecule has 0 saturated carbocycles. The van der Waals surface area contributed by atoms with Crippen molar-refractivity contribution in [3.8, 4) is 11.4 Å². The van der Waals surface area contributed by atoms with Crippen LogP contribution in [-0.4, -0.2) is 67.1 Å². The van der Waals surface area contributed by atoms with Crippen molar-refractivity contribution in [2.75, 3.05) is 25.0 Å². The van der Waals surface area contributed by atoms with Gasteiger partial charge in [0.2, 0.25) is 27.6 Å². The SMILES string of the molecule is CNC(=O)C(C)N(CC1CN(c2ccc(-c3noc(C)n3)cc2)C(=O)O1)S(=O)(=O)c1ccc2cc(Cl)ccc2c1. The smallest absolute Gasteiger partial charge is 0.414 e. The molecule has 5 rings (SSSR count). The van der Waals surface area contributed by atoms with Gasteiger partial charge in [-0.15, -0.1) is 0 Å². The van der Waals surface area contributed by atoms with Crippen molar-refractivity contribution in [3.63, 3.8) is 0 Å². The molecule has 208 valence electrons. The van der Waals surface area contributed by atoms with Gasteiger partial charge >= 0.3 is 6.09 Å². The van der Waals surface area contributed by atoms with Gasteiger partial charge in [-0.25, -0.2) is 13.2 Å². The lowest BCUT2D eigenvalue weighted by molar-refractivity contribution is -0.124. The number of benzene rings is 3. The minimum absolute atomic E-state index is 0.00606. The topological polar surface area (TPSA) is 135 Å². The van der Waals surface area contributed by atoms with E-state index in [0.717, 1.165) is 9.69 Å². The molecule has 0 spiro atoms. The second-order valence-electron chi connectivity index (χ2n) is 9.32. The zero-order valence-electron chi connectivity index (χ0n) is 21.9. The predicted octanol–water partition coefficient (Wildman–Crippen LogP) is 4.00. The molecule has 0 bridgehead atoms. The number of likely N-dealkylation sites (N-methyl/N-ethyl adjacent to an activating group) is 1. The Balaban J connectivity index is 1.39. The average Bonchev–Trinajstić information content (AvgIpc) is 3.55. The summed E-state index contributed by atoms with van der Waals surface area (Å²) in [4.78, 5) is 31.0. The number of anilines is 1. The van der Waals surface area contributed by atoms with Crippen LogP contribution in [0.3, 0.4) is 0 Å². The van der Waals surface area contributed by atoms with E-state index in [-0.39, 0.29) is 18.0 Å². The van der Waals surface area contributed by atoms with Crippen LogP contribution < -0.4 is 10.2 Å². The van der Waals surface area contributed by atoms with Crippen LogP contribution in [0.2, 0.25) is 5.02 Å². The third kappa shape index (κ3) is 5.37. The maximum absolute atomic E-state index is 13.8. The van der Waals surface area contributed by atoms with E-state index in [1.165, 1.54) is 31.0 Å². The number of sulfonamides is 1. The number of aryl methyl sites for hydroxylation is 1. The predicted molar refractivity (Wildman–Crippen MR) is 148 cm³/mol. The van der Waals surface area contributed by atoms with Gasteiger partial charge in [0.05, 0.1) is 18.0 Å². The van der Waals surface area contributed by atoms with Gasteiger partial charge in [-0.1, -0.05) is 28.9 Å². The number of carbonyl (C=O) groups excluding carboxylic acids is 2. The number of amides is 2. The fraction of sp³-hybridized carbons (Fsp3) is 0.259. The molecular formula is C27H26ClN5O6S. The maximum atomic E-state index is 13.8. The number of ether oxygens (including phenoxy) is 1. The zero-order valence-corrected chi connectivity index (χ0v) is 23.4. The summed E-state index contributed by atoms with van der Waals surface area (Å²) >= 11 is 6.07. The van der Waals surface area contributed by atoms with Crippen molar-refractivity contribution in [3.05, 3.63) is 71.6 Å². The number of nitrogens with one attached hydrogen (secondary N) is 1. The highest BCUT2D eigenvalue weighted by atomic mass is 35.5. The van der Waals surface area contributed by atoms with E-state index in [2.05, 4.69) is 15.5 Å². The molecule has 2 atom stereocenters. The molecule has 0 aliphatic carbocycles. The van der Waals surface area contributed by atoms with Gasteiger partial charge in [0.1, 0.15) is 12.1 Å². The van der Waals surface area contributed by atoms with Crippen LogP contribution in [0.1, 0.15) is 12.8 Å². The van der Waals surface area contributed by atoms with Crippen LogP contribution >= 0.6 is 11.6 Å². The number of fused-ring (bicyclic) bond motifs is 1. The molecule has 1 aliphatic rings. The summed E-state index contributed by atoms with van der Waals surface area (Å²) in [6, 6.07) is 15.7. The largest absolute Gasteiger partial charge is 0.443 e. The van der Waals surface area contributed by atoms with Gasteiger partial charge in [0, 0.05) is 30.2 Å². The van der Waals surface area contributed by atoms with Crippen molar-refractivity contribution in [1.29, 1.82) is 0 Å². The highest BCUT2D eigenvalue weighted by Gasteiger charge is 2.40. The Morgan fingerprint density at radius 3 is 2.52 bits per heavy atom. The summed E-state index contributed by atoms with van der Waals surface area (Å²) < 4.78 is 39.3. The van der Waals surface area contributed by atoms with Gasteiger partial charge in [-0.2, -0.15) is 9.29 Å². The average molecular weight is 584 g/mol. The number of cyclic esters (lactones) is 1. The Labute approximate surface area is 235 Å². The van der Waals surface area contributed by atoms with E-state index in [1.54, 1.807) is 55.5 Å². The molecule has 4 aromatic rings. The Hall–Kier alpha value is -4.00. The third-order valence-electron chi connectivity index (χ3n) is 6.66. The number of nitrogens with zero attached hydrogens (tertiary/aromatic N) is 4. The first-order valence-electron chi connectivity index (χ1n) is 12.4. The summed E-state index contributed by atoms with van der Waals surface area (Å²) in [5.41, 5.74) is 1.26. The molecule has 40 heavy (non-hydrogen) atoms. The summed E-state index contributed by atoms with van der Waals surface area (Å²) in [5, 5.41) is 8.37. The van der Waals surface area contributed by atoms with Crippen LogP contribution in [0, 0.1) is 6.92 Å². The van der Waals surface area contributed by atoms with Crippen LogP contribution in [0.15, 0.2) is 70.1 Å². The Morgan fingerprint density at radius 2 is 1.85 bits per heavy atom.